The molecule has 0 aromatic heterocycles. The third-order valence-corrected chi connectivity index (χ3v) is 2.91. The van der Waals surface area contributed by atoms with Crippen molar-refractivity contribution in [3.05, 3.63) is 34.9 Å². The molecule has 0 aliphatic rings. The lowest BCUT2D eigenvalue weighted by Gasteiger charge is -2.20. The second-order valence-electron chi connectivity index (χ2n) is 4.12. The van der Waals surface area contributed by atoms with Gasteiger partial charge in [0.1, 0.15) is 6.04 Å². The zero-order valence-corrected chi connectivity index (χ0v) is 10.9. The summed E-state index contributed by atoms with van der Waals surface area (Å²) in [7, 11) is 0. The van der Waals surface area contributed by atoms with Crippen molar-refractivity contribution in [1.82, 2.24) is 5.32 Å². The van der Waals surface area contributed by atoms with Gasteiger partial charge in [-0.15, -0.1) is 0 Å². The summed E-state index contributed by atoms with van der Waals surface area (Å²) in [6.07, 6.45) is 1.46. The van der Waals surface area contributed by atoms with E-state index in [0.717, 1.165) is 12.0 Å². The third-order valence-electron chi connectivity index (χ3n) is 2.68. The van der Waals surface area contributed by atoms with E-state index >= 15 is 0 Å². The van der Waals surface area contributed by atoms with Gasteiger partial charge >= 0.3 is 5.97 Å². The molecule has 0 radical (unpaired) electrons. The maximum atomic E-state index is 11.0. The fourth-order valence-corrected chi connectivity index (χ4v) is 1.94. The van der Waals surface area contributed by atoms with Gasteiger partial charge in [0.05, 0.1) is 0 Å². The van der Waals surface area contributed by atoms with Crippen LogP contribution in [-0.4, -0.2) is 17.1 Å². The predicted molar refractivity (Wildman–Crippen MR) is 69.3 cm³/mol. The maximum absolute atomic E-state index is 11.0. The summed E-state index contributed by atoms with van der Waals surface area (Å²) in [6.45, 7) is 3.92. The second kappa shape index (κ2) is 6.62. The zero-order valence-electron chi connectivity index (χ0n) is 10.1. The molecule has 0 amide bonds. The molecule has 94 valence electrons. The molecular weight excluding hydrogens is 238 g/mol. The number of halogens is 1. The molecule has 1 aromatic rings. The molecule has 0 bridgehead atoms. The van der Waals surface area contributed by atoms with Gasteiger partial charge in [-0.05, 0) is 31.0 Å². The number of benzene rings is 1. The molecule has 0 aliphatic heterocycles. The monoisotopic (exact) mass is 255 g/mol. The Labute approximate surface area is 107 Å². The van der Waals surface area contributed by atoms with Gasteiger partial charge in [-0.2, -0.15) is 0 Å². The molecule has 0 heterocycles. The molecule has 0 spiro atoms. The van der Waals surface area contributed by atoms with E-state index in [4.69, 9.17) is 16.7 Å². The van der Waals surface area contributed by atoms with Crippen LogP contribution < -0.4 is 5.32 Å². The highest BCUT2D eigenvalue weighted by atomic mass is 35.5. The molecule has 0 saturated heterocycles. The molecule has 2 N–H and O–H groups in total. The second-order valence-corrected chi connectivity index (χ2v) is 4.56. The molecule has 1 unspecified atom stereocenters. The lowest BCUT2D eigenvalue weighted by atomic mass is 10.1. The van der Waals surface area contributed by atoms with E-state index in [1.165, 1.54) is 0 Å². The van der Waals surface area contributed by atoms with Crippen LogP contribution in [0, 0.1) is 0 Å². The largest absolute Gasteiger partial charge is 0.480 e. The number of carboxylic acids is 1. The number of hydrogen-bond acceptors (Lipinski definition) is 2. The van der Waals surface area contributed by atoms with Crippen LogP contribution in [0.3, 0.4) is 0 Å². The normalized spacial score (nSPS) is 14.3. The van der Waals surface area contributed by atoms with E-state index in [-0.39, 0.29) is 6.04 Å². The highest BCUT2D eigenvalue weighted by Crippen LogP contribution is 2.18. The third kappa shape index (κ3) is 4.36. The van der Waals surface area contributed by atoms with Crippen molar-refractivity contribution in [1.29, 1.82) is 0 Å². The van der Waals surface area contributed by atoms with Crippen LogP contribution in [0.15, 0.2) is 24.3 Å². The number of hydrogen-bond donors (Lipinski definition) is 2. The molecule has 0 aliphatic carbocycles. The van der Waals surface area contributed by atoms with E-state index in [1.54, 1.807) is 6.07 Å². The first-order valence-corrected chi connectivity index (χ1v) is 6.16. The minimum Gasteiger partial charge on any atom is -0.480 e. The Morgan fingerprint density at radius 1 is 1.53 bits per heavy atom. The summed E-state index contributed by atoms with van der Waals surface area (Å²) in [5.74, 6) is -0.805. The molecule has 0 saturated carbocycles. The van der Waals surface area contributed by atoms with Gasteiger partial charge in [-0.1, -0.05) is 37.1 Å². The average molecular weight is 256 g/mol. The standard InChI is InChI=1S/C13H18ClNO2/c1-3-5-12(13(16)17)15-9(2)10-6-4-7-11(14)8-10/h4,6-9,12,15H,3,5H2,1-2H3,(H,16,17)/t9-,12?/m1/s1. The van der Waals surface area contributed by atoms with Crippen LogP contribution in [0.1, 0.15) is 38.3 Å². The predicted octanol–water partition coefficient (Wildman–Crippen LogP) is 3.24. The highest BCUT2D eigenvalue weighted by molar-refractivity contribution is 6.30. The van der Waals surface area contributed by atoms with Gasteiger partial charge in [-0.3, -0.25) is 10.1 Å². The van der Waals surface area contributed by atoms with E-state index < -0.39 is 12.0 Å². The number of carbonyl (C=O) groups is 1. The van der Waals surface area contributed by atoms with Crippen LogP contribution in [0.2, 0.25) is 5.02 Å². The molecule has 1 rings (SSSR count). The van der Waals surface area contributed by atoms with Gasteiger partial charge < -0.3 is 5.11 Å². The van der Waals surface area contributed by atoms with Crippen LogP contribution in [0.5, 0.6) is 0 Å². The quantitative estimate of drug-likeness (QED) is 0.820. The summed E-state index contributed by atoms with van der Waals surface area (Å²) >= 11 is 5.91. The Morgan fingerprint density at radius 3 is 2.76 bits per heavy atom. The van der Waals surface area contributed by atoms with Crippen molar-refractivity contribution in [2.24, 2.45) is 0 Å². The van der Waals surface area contributed by atoms with Crippen molar-refractivity contribution in [2.75, 3.05) is 0 Å². The summed E-state index contributed by atoms with van der Waals surface area (Å²) in [6, 6.07) is 6.93. The topological polar surface area (TPSA) is 49.3 Å². The Morgan fingerprint density at radius 2 is 2.24 bits per heavy atom. The first kappa shape index (κ1) is 14.0. The van der Waals surface area contributed by atoms with Gasteiger partial charge in [0.25, 0.3) is 0 Å². The lowest BCUT2D eigenvalue weighted by Crippen LogP contribution is -2.38. The first-order valence-electron chi connectivity index (χ1n) is 5.79. The number of aliphatic carboxylic acids is 1. The molecule has 4 heteroatoms. The Hall–Kier alpha value is -1.06. The Kier molecular flexibility index (Phi) is 5.45. The van der Waals surface area contributed by atoms with Crippen molar-refractivity contribution in [3.63, 3.8) is 0 Å². The molecule has 17 heavy (non-hydrogen) atoms. The van der Waals surface area contributed by atoms with Crippen molar-refractivity contribution < 1.29 is 9.90 Å². The fraction of sp³-hybridized carbons (Fsp3) is 0.462. The fourth-order valence-electron chi connectivity index (χ4n) is 1.74. The van der Waals surface area contributed by atoms with Gasteiger partial charge in [0.15, 0.2) is 0 Å². The molecular formula is C13H18ClNO2. The number of carboxylic acid groups (broad SMARTS) is 1. The van der Waals surface area contributed by atoms with Crippen LogP contribution in [0.4, 0.5) is 0 Å². The van der Waals surface area contributed by atoms with Crippen molar-refractivity contribution in [3.8, 4) is 0 Å². The average Bonchev–Trinajstić information content (AvgIpc) is 2.28. The molecule has 0 fully saturated rings. The van der Waals surface area contributed by atoms with Crippen molar-refractivity contribution >= 4 is 17.6 Å². The maximum Gasteiger partial charge on any atom is 0.320 e. The van der Waals surface area contributed by atoms with Gasteiger partial charge in [0.2, 0.25) is 0 Å². The summed E-state index contributed by atoms with van der Waals surface area (Å²) in [5.41, 5.74) is 1.000. The van der Waals surface area contributed by atoms with E-state index in [9.17, 15) is 4.79 Å². The SMILES string of the molecule is CCCC(N[C@H](C)c1cccc(Cl)c1)C(=O)O. The van der Waals surface area contributed by atoms with Gasteiger partial charge in [0, 0.05) is 11.1 Å². The lowest BCUT2D eigenvalue weighted by molar-refractivity contribution is -0.139. The van der Waals surface area contributed by atoms with Crippen molar-refractivity contribution in [2.45, 2.75) is 38.8 Å². The van der Waals surface area contributed by atoms with Crippen LogP contribution >= 0.6 is 11.6 Å². The summed E-state index contributed by atoms with van der Waals surface area (Å²) in [4.78, 5) is 11.0. The first-order chi connectivity index (χ1) is 8.04. The molecule has 1 aromatic carbocycles. The van der Waals surface area contributed by atoms with E-state index in [2.05, 4.69) is 5.32 Å². The number of rotatable bonds is 6. The van der Waals surface area contributed by atoms with Crippen LogP contribution in [0.25, 0.3) is 0 Å². The minimum absolute atomic E-state index is 0.0265. The molecule has 2 atom stereocenters. The number of nitrogens with one attached hydrogen (secondary N) is 1. The summed E-state index contributed by atoms with van der Waals surface area (Å²) in [5, 5.41) is 12.8. The Balaban J connectivity index is 2.69. The van der Waals surface area contributed by atoms with Gasteiger partial charge in [-0.25, -0.2) is 0 Å². The summed E-state index contributed by atoms with van der Waals surface area (Å²) < 4.78 is 0. The van der Waals surface area contributed by atoms with Crippen LogP contribution in [-0.2, 0) is 4.79 Å². The smallest absolute Gasteiger partial charge is 0.320 e. The Bertz CT molecular complexity index is 381. The highest BCUT2D eigenvalue weighted by Gasteiger charge is 2.19. The van der Waals surface area contributed by atoms with E-state index in [1.807, 2.05) is 32.0 Å². The van der Waals surface area contributed by atoms with E-state index in [0.29, 0.717) is 11.4 Å². The molecule has 3 nitrogen and oxygen atoms in total. The zero-order chi connectivity index (χ0) is 12.8. The minimum atomic E-state index is -0.805.